The van der Waals surface area contributed by atoms with Crippen LogP contribution in [0, 0.1) is 29.6 Å². The largest absolute Gasteiger partial charge is 0.396 e. The minimum atomic E-state index is -0.652. The number of rotatable bonds is 67. The lowest BCUT2D eigenvalue weighted by atomic mass is 9.63. The van der Waals surface area contributed by atoms with E-state index in [2.05, 4.69) is 36.7 Å². The third-order valence-corrected chi connectivity index (χ3v) is 23.8. The second kappa shape index (κ2) is 62.3. The van der Waals surface area contributed by atoms with E-state index in [4.69, 9.17) is 5.11 Å². The smallest absolute Gasteiger partial charge is 0.220 e. The van der Waals surface area contributed by atoms with Crippen molar-refractivity contribution < 1.29 is 44.7 Å². The fourth-order valence-corrected chi connectivity index (χ4v) is 17.4. The summed E-state index contributed by atoms with van der Waals surface area (Å²) in [5.41, 5.74) is 0. The normalized spacial score (nSPS) is 21.8. The topological polar surface area (TPSA) is 206 Å². The van der Waals surface area contributed by atoms with Crippen LogP contribution in [0.2, 0.25) is 0 Å². The van der Waals surface area contributed by atoms with Crippen molar-refractivity contribution in [3.05, 3.63) is 0 Å². The van der Waals surface area contributed by atoms with Crippen molar-refractivity contribution in [3.63, 3.8) is 0 Å². The molecule has 3 aliphatic rings. The van der Waals surface area contributed by atoms with Crippen LogP contribution in [0.15, 0.2) is 0 Å². The Morgan fingerprint density at radius 3 is 0.878 bits per heavy atom. The van der Waals surface area contributed by atoms with Crippen molar-refractivity contribution >= 4 is 23.5 Å². The van der Waals surface area contributed by atoms with Gasteiger partial charge in [0.2, 0.25) is 17.7 Å². The summed E-state index contributed by atoms with van der Waals surface area (Å²) in [4.78, 5) is 53.3. The van der Waals surface area contributed by atoms with Gasteiger partial charge in [-0.05, 0) is 126 Å². The molecule has 0 saturated heterocycles. The molecule has 3 amide bonds. The van der Waals surface area contributed by atoms with Crippen molar-refractivity contribution in [1.82, 2.24) is 16.0 Å². The van der Waals surface area contributed by atoms with Gasteiger partial charge in [0.15, 0.2) is 0 Å². The molecule has 0 bridgehead atoms. The summed E-state index contributed by atoms with van der Waals surface area (Å²) in [5, 5.41) is 60.4. The Labute approximate surface area is 604 Å². The van der Waals surface area contributed by atoms with E-state index >= 15 is 0 Å². The quantitative estimate of drug-likeness (QED) is 0.0272. The third kappa shape index (κ3) is 46.6. The van der Waals surface area contributed by atoms with Crippen LogP contribution < -0.4 is 16.0 Å². The number of amides is 3. The SMILES string of the molecule is CCCCCCCCC1CC(CCCCCCC(=O)C[C@@H]2CCCC[C@@H]2NC(=O)CCCCCCCCCC(O)C(O)CCCCCCO)C(CCCCCCC(=O)N[C@H]2CCCC[C@H]2NC(=O)CCCCCCCCCC(O)C(O)CCCCCCC)CC1CCCCCCCC. The van der Waals surface area contributed by atoms with E-state index in [1.54, 1.807) is 0 Å². The van der Waals surface area contributed by atoms with Gasteiger partial charge in [0.05, 0.1) is 24.4 Å². The van der Waals surface area contributed by atoms with Gasteiger partial charge in [-0.3, -0.25) is 19.2 Å². The van der Waals surface area contributed by atoms with E-state index < -0.39 is 24.4 Å². The lowest BCUT2D eigenvalue weighted by Crippen LogP contribution is -2.53. The highest BCUT2D eigenvalue weighted by molar-refractivity contribution is 5.79. The van der Waals surface area contributed by atoms with E-state index in [0.717, 1.165) is 229 Å². The highest BCUT2D eigenvalue weighted by atomic mass is 16.3. The van der Waals surface area contributed by atoms with E-state index in [9.17, 15) is 39.6 Å². The molecule has 98 heavy (non-hydrogen) atoms. The molecule has 0 heterocycles. The van der Waals surface area contributed by atoms with Gasteiger partial charge in [-0.1, -0.05) is 316 Å². The van der Waals surface area contributed by atoms with Crippen LogP contribution in [0.4, 0.5) is 0 Å². The number of hydrogen-bond acceptors (Lipinski definition) is 9. The van der Waals surface area contributed by atoms with Crippen LogP contribution in [-0.2, 0) is 19.2 Å². The molecule has 12 atom stereocenters. The molecule has 0 aromatic carbocycles. The Balaban J connectivity index is 1.38. The number of Topliss-reactive ketones (excluding diaryl/α,β-unsaturated/α-hetero) is 1. The molecule has 8 unspecified atom stereocenters. The molecule has 0 aromatic heterocycles. The first kappa shape index (κ1) is 90.1. The van der Waals surface area contributed by atoms with E-state index in [-0.39, 0.29) is 48.4 Å². The van der Waals surface area contributed by atoms with Crippen molar-refractivity contribution in [1.29, 1.82) is 0 Å². The number of nitrogens with one attached hydrogen (secondary N) is 3. The van der Waals surface area contributed by atoms with Crippen LogP contribution in [0.1, 0.15) is 445 Å². The van der Waals surface area contributed by atoms with Crippen LogP contribution in [0.25, 0.3) is 0 Å². The summed E-state index contributed by atoms with van der Waals surface area (Å²) in [6.07, 6.45) is 69.4. The number of carbonyl (C=O) groups excluding carboxylic acids is 4. The zero-order valence-corrected chi connectivity index (χ0v) is 64.7. The monoisotopic (exact) mass is 1380 g/mol. The predicted octanol–water partition coefficient (Wildman–Crippen LogP) is 21.4. The Kier molecular flexibility index (Phi) is 57.2. The van der Waals surface area contributed by atoms with Crippen LogP contribution in [-0.4, -0.2) is 98.2 Å². The molecule has 3 saturated carbocycles. The standard InChI is InChI=1S/C86H163N3O9/c1-4-7-10-13-22-34-51-71-68-73(53-36-28-30-38-56-76(91)70-75-55-46-47-57-77(75)87-84(96)64-43-26-19-15-17-24-41-62-82(94)83(95)63-42-32-33-50-67-90)74(69-72(71)52-35-23-14-11-8-5-2)54-37-29-31-45-66-86(98)89-79-59-49-48-58-78(79)88-85(97)65-44-27-20-16-18-25-40-61-81(93)80(92)60-39-21-12-9-6-3/h71-75,77-83,90,92-95H,4-70H2,1-3H3,(H,87,96)(H,88,97)(H,89,98)/t71?,72?,73?,74?,75-,77-,78+,79-,80?,81?,82?,83?/m0/s1. The molecule has 12 nitrogen and oxygen atoms in total. The summed E-state index contributed by atoms with van der Waals surface area (Å²) in [6.45, 7) is 7.06. The molecule has 0 radical (unpaired) electrons. The zero-order chi connectivity index (χ0) is 70.7. The van der Waals surface area contributed by atoms with Gasteiger partial charge in [0, 0.05) is 56.8 Å². The van der Waals surface area contributed by atoms with Gasteiger partial charge in [0.25, 0.3) is 0 Å². The molecule has 0 aromatic rings. The molecular formula is C86H163N3O9. The molecule has 3 aliphatic carbocycles. The van der Waals surface area contributed by atoms with Crippen LogP contribution >= 0.6 is 0 Å². The zero-order valence-electron chi connectivity index (χ0n) is 64.7. The first-order chi connectivity index (χ1) is 47.9. The Morgan fingerprint density at radius 1 is 0.296 bits per heavy atom. The first-order valence-corrected chi connectivity index (χ1v) is 43.6. The minimum absolute atomic E-state index is 0.0213. The van der Waals surface area contributed by atoms with Gasteiger partial charge in [-0.25, -0.2) is 0 Å². The van der Waals surface area contributed by atoms with E-state index in [1.165, 1.54) is 161 Å². The maximum atomic E-state index is 13.6. The lowest BCUT2D eigenvalue weighted by molar-refractivity contribution is -0.125. The second-order valence-corrected chi connectivity index (χ2v) is 32.6. The lowest BCUT2D eigenvalue weighted by Gasteiger charge is -2.42. The molecule has 0 aliphatic heterocycles. The maximum absolute atomic E-state index is 13.6. The molecule has 576 valence electrons. The molecule has 3 fully saturated rings. The Morgan fingerprint density at radius 2 is 0.551 bits per heavy atom. The maximum Gasteiger partial charge on any atom is 0.220 e. The third-order valence-electron chi connectivity index (χ3n) is 23.8. The van der Waals surface area contributed by atoms with Gasteiger partial charge in [0.1, 0.15) is 5.78 Å². The number of carbonyl (C=O) groups is 4. The molecule has 3 rings (SSSR count). The fourth-order valence-electron chi connectivity index (χ4n) is 17.4. The summed E-state index contributed by atoms with van der Waals surface area (Å²) >= 11 is 0. The highest BCUT2D eigenvalue weighted by Gasteiger charge is 2.36. The Hall–Kier alpha value is -2.12. The first-order valence-electron chi connectivity index (χ1n) is 43.6. The Bertz CT molecular complexity index is 1740. The summed E-state index contributed by atoms with van der Waals surface area (Å²) in [5.74, 6) is 4.40. The molecule has 8 N–H and O–H groups in total. The number of hydrogen-bond donors (Lipinski definition) is 8. The molecule has 12 heteroatoms. The summed E-state index contributed by atoms with van der Waals surface area (Å²) in [7, 11) is 0. The highest BCUT2D eigenvalue weighted by Crippen LogP contribution is 2.47. The van der Waals surface area contributed by atoms with Gasteiger partial charge in [-0.2, -0.15) is 0 Å². The van der Waals surface area contributed by atoms with Crippen LogP contribution in [0.3, 0.4) is 0 Å². The number of aliphatic hydroxyl groups is 5. The number of ketones is 1. The van der Waals surface area contributed by atoms with E-state index in [1.807, 2.05) is 0 Å². The van der Waals surface area contributed by atoms with Crippen molar-refractivity contribution in [3.8, 4) is 0 Å². The van der Waals surface area contributed by atoms with Crippen molar-refractivity contribution in [2.75, 3.05) is 6.61 Å². The van der Waals surface area contributed by atoms with Gasteiger partial charge >= 0.3 is 0 Å². The van der Waals surface area contributed by atoms with Gasteiger partial charge in [-0.15, -0.1) is 0 Å². The molecular weight excluding hydrogens is 1220 g/mol. The second-order valence-electron chi connectivity index (χ2n) is 32.6. The number of aliphatic hydroxyl groups excluding tert-OH is 5. The minimum Gasteiger partial charge on any atom is -0.396 e. The predicted molar refractivity (Wildman–Crippen MR) is 411 cm³/mol. The molecule has 0 spiro atoms. The van der Waals surface area contributed by atoms with Crippen molar-refractivity contribution in [2.24, 2.45) is 29.6 Å². The van der Waals surface area contributed by atoms with Gasteiger partial charge < -0.3 is 41.5 Å². The fraction of sp³-hybridized carbons (Fsp3) is 0.953. The van der Waals surface area contributed by atoms with E-state index in [0.29, 0.717) is 63.6 Å². The summed E-state index contributed by atoms with van der Waals surface area (Å²) in [6, 6.07) is 0.167. The summed E-state index contributed by atoms with van der Waals surface area (Å²) < 4.78 is 0. The van der Waals surface area contributed by atoms with Crippen LogP contribution in [0.5, 0.6) is 0 Å². The number of unbranched alkanes of at least 4 members (excludes halogenated alkanes) is 35. The average Bonchev–Trinajstić information content (AvgIpc) is 0.842. The van der Waals surface area contributed by atoms with Crippen molar-refractivity contribution in [2.45, 2.75) is 487 Å². The average molecular weight is 1380 g/mol.